The average Bonchev–Trinajstić information content (AvgIpc) is 3.88. The van der Waals surface area contributed by atoms with E-state index in [-0.39, 0.29) is 0 Å². The highest BCUT2D eigenvalue weighted by Gasteiger charge is 2.40. The molecule has 8 aromatic carbocycles. The highest BCUT2D eigenvalue weighted by Crippen LogP contribution is 2.73. The van der Waals surface area contributed by atoms with E-state index in [9.17, 15) is 0 Å². The van der Waals surface area contributed by atoms with Gasteiger partial charge in [0.05, 0.1) is 22.8 Å². The van der Waals surface area contributed by atoms with E-state index in [0.29, 0.717) is 11.9 Å². The molecule has 0 spiro atoms. The molecule has 0 amide bonds. The summed E-state index contributed by atoms with van der Waals surface area (Å²) in [6.45, 7) is 0.958. The highest BCUT2D eigenvalue weighted by molar-refractivity contribution is 8.34. The van der Waals surface area contributed by atoms with Gasteiger partial charge in [0, 0.05) is 59.8 Å². The summed E-state index contributed by atoms with van der Waals surface area (Å²) >= 11 is 0. The van der Waals surface area contributed by atoms with Crippen molar-refractivity contribution in [3.05, 3.63) is 230 Å². The van der Waals surface area contributed by atoms with E-state index in [4.69, 9.17) is 9.97 Å². The van der Waals surface area contributed by atoms with Gasteiger partial charge in [-0.2, -0.15) is 0 Å². The number of fused-ring (bicyclic) bond motifs is 4. The number of anilines is 1. The topological polar surface area (TPSA) is 34.0 Å². The largest absolute Gasteiger partial charge is 0.361 e. The van der Waals surface area contributed by atoms with Gasteiger partial charge in [-0.15, -0.1) is 10.0 Å². The standard InChI is InChI=1S/C57H42N4S/c1-5-17-40(18-6-1)41-19-15-20-42(35-41)52-39-56(61-53-30-14-13-29-50(53)51-32-31-45(38-55(51)61)60-34-33-43-37-54(43)60)59-57(58-52)44-21-16-28-49(36-44)62(46-22-7-2-8-23-46,47-24-9-3-10-25-47)48-26-11-4-12-27-48/h1-33,35-36,38-39,54H,34,37H2. The zero-order valence-corrected chi connectivity index (χ0v) is 34.9. The lowest BCUT2D eigenvalue weighted by Crippen LogP contribution is -2.22. The third-order valence-corrected chi connectivity index (χ3v) is 16.5. The third-order valence-electron chi connectivity index (χ3n) is 12.6. The van der Waals surface area contributed by atoms with Crippen LogP contribution in [0.2, 0.25) is 0 Å². The fraction of sp³-hybridized carbons (Fsp3) is 0.0526. The molecule has 62 heavy (non-hydrogen) atoms. The first-order chi connectivity index (χ1) is 30.7. The van der Waals surface area contributed by atoms with E-state index in [2.05, 4.69) is 234 Å². The Hall–Kier alpha value is -7.47. The predicted octanol–water partition coefficient (Wildman–Crippen LogP) is 14.4. The summed E-state index contributed by atoms with van der Waals surface area (Å²) in [5.41, 5.74) is 10.3. The molecule has 1 aliphatic heterocycles. The molecule has 1 atom stereocenters. The molecule has 3 heterocycles. The molecule has 10 aromatic rings. The summed E-state index contributed by atoms with van der Waals surface area (Å²) in [6.07, 6.45) is 3.57. The molecule has 5 heteroatoms. The lowest BCUT2D eigenvalue weighted by atomic mass is 10.0. The summed E-state index contributed by atoms with van der Waals surface area (Å²) < 4.78 is 2.36. The first-order valence-electron chi connectivity index (χ1n) is 21.4. The number of nitrogens with zero attached hydrogens (tertiary/aromatic N) is 4. The summed E-state index contributed by atoms with van der Waals surface area (Å²) in [7, 11) is -1.94. The van der Waals surface area contributed by atoms with Gasteiger partial charge in [0.2, 0.25) is 0 Å². The maximum absolute atomic E-state index is 5.58. The van der Waals surface area contributed by atoms with Crippen molar-refractivity contribution in [1.29, 1.82) is 0 Å². The van der Waals surface area contributed by atoms with Crippen molar-refractivity contribution in [1.82, 2.24) is 14.5 Å². The van der Waals surface area contributed by atoms with Crippen LogP contribution in [0.3, 0.4) is 0 Å². The SMILES string of the molecule is C1=C2CC2N(c2ccc3c4ccccc4n(-c4cc(-c5cccc(-c6ccccc6)c5)nc(-c5cccc(S(c6ccccc6)(c6ccccc6)c6ccccc6)c5)n4)c3c2)C1. The maximum atomic E-state index is 5.58. The van der Waals surface area contributed by atoms with Gasteiger partial charge in [0.25, 0.3) is 0 Å². The number of para-hydroxylation sites is 1. The average molecular weight is 815 g/mol. The molecule has 1 unspecified atom stereocenters. The molecule has 0 radical (unpaired) electrons. The van der Waals surface area contributed by atoms with Crippen LogP contribution in [0.5, 0.6) is 0 Å². The van der Waals surface area contributed by atoms with Gasteiger partial charge in [0.1, 0.15) is 5.82 Å². The second-order valence-corrected chi connectivity index (χ2v) is 19.3. The Labute approximate surface area is 363 Å². The van der Waals surface area contributed by atoms with E-state index < -0.39 is 10.0 Å². The van der Waals surface area contributed by atoms with Gasteiger partial charge in [-0.1, -0.05) is 146 Å². The first-order valence-corrected chi connectivity index (χ1v) is 23.0. The number of rotatable bonds is 9. The molecule has 0 saturated heterocycles. The lowest BCUT2D eigenvalue weighted by Gasteiger charge is -2.42. The van der Waals surface area contributed by atoms with Crippen molar-refractivity contribution in [2.75, 3.05) is 11.4 Å². The molecule has 1 aliphatic carbocycles. The second kappa shape index (κ2) is 14.9. The minimum absolute atomic E-state index is 0.531. The van der Waals surface area contributed by atoms with Crippen LogP contribution in [-0.2, 0) is 0 Å². The normalized spacial score (nSPS) is 14.8. The Morgan fingerprint density at radius 1 is 0.435 bits per heavy atom. The third kappa shape index (κ3) is 6.07. The molecule has 12 rings (SSSR count). The van der Waals surface area contributed by atoms with Crippen LogP contribution in [-0.4, -0.2) is 27.1 Å². The van der Waals surface area contributed by atoms with Gasteiger partial charge in [-0.05, 0) is 95.9 Å². The van der Waals surface area contributed by atoms with Crippen LogP contribution in [0.15, 0.2) is 250 Å². The smallest absolute Gasteiger partial charge is 0.162 e. The van der Waals surface area contributed by atoms with Crippen molar-refractivity contribution in [3.63, 3.8) is 0 Å². The van der Waals surface area contributed by atoms with Crippen LogP contribution < -0.4 is 4.90 Å². The molecule has 2 aromatic heterocycles. The summed E-state index contributed by atoms with van der Waals surface area (Å²) in [4.78, 5) is 18.6. The van der Waals surface area contributed by atoms with Crippen LogP contribution >= 0.6 is 10.0 Å². The minimum Gasteiger partial charge on any atom is -0.361 e. The molecule has 1 fully saturated rings. The van der Waals surface area contributed by atoms with Gasteiger partial charge in [0.15, 0.2) is 5.82 Å². The molecular weight excluding hydrogens is 773 g/mol. The molecule has 0 N–H and O–H groups in total. The summed E-state index contributed by atoms with van der Waals surface area (Å²) in [5.74, 6) is 1.52. The Bertz CT molecular complexity index is 3210. The van der Waals surface area contributed by atoms with Crippen molar-refractivity contribution < 1.29 is 0 Å². The fourth-order valence-corrected chi connectivity index (χ4v) is 13.5. The van der Waals surface area contributed by atoms with Crippen LogP contribution in [0, 0.1) is 0 Å². The molecule has 4 nitrogen and oxygen atoms in total. The molecular formula is C57H42N4S. The van der Waals surface area contributed by atoms with E-state index in [1.54, 1.807) is 5.57 Å². The van der Waals surface area contributed by atoms with Crippen LogP contribution in [0.25, 0.3) is 61.4 Å². The Morgan fingerprint density at radius 3 is 1.69 bits per heavy atom. The zero-order valence-electron chi connectivity index (χ0n) is 34.1. The molecule has 1 saturated carbocycles. The molecule has 296 valence electrons. The van der Waals surface area contributed by atoms with E-state index in [1.807, 2.05) is 0 Å². The van der Waals surface area contributed by atoms with Crippen molar-refractivity contribution in [3.8, 4) is 39.6 Å². The van der Waals surface area contributed by atoms with E-state index in [0.717, 1.165) is 45.8 Å². The summed E-state index contributed by atoms with van der Waals surface area (Å²) in [6, 6.07) is 79.8. The minimum atomic E-state index is -1.94. The zero-order chi connectivity index (χ0) is 41.0. The van der Waals surface area contributed by atoms with E-state index >= 15 is 0 Å². The van der Waals surface area contributed by atoms with Crippen molar-refractivity contribution in [2.45, 2.75) is 32.0 Å². The molecule has 2 aliphatic rings. The highest BCUT2D eigenvalue weighted by atomic mass is 32.3. The number of benzene rings is 8. The van der Waals surface area contributed by atoms with Crippen LogP contribution in [0.4, 0.5) is 5.69 Å². The van der Waals surface area contributed by atoms with Gasteiger partial charge in [-0.3, -0.25) is 4.57 Å². The van der Waals surface area contributed by atoms with Gasteiger partial charge >= 0.3 is 0 Å². The number of aromatic nitrogens is 3. The number of hydrogen-bond donors (Lipinski definition) is 0. The Kier molecular flexibility index (Phi) is 8.75. The Morgan fingerprint density at radius 2 is 1.02 bits per heavy atom. The van der Waals surface area contributed by atoms with Crippen molar-refractivity contribution in [2.24, 2.45) is 0 Å². The maximum Gasteiger partial charge on any atom is 0.162 e. The van der Waals surface area contributed by atoms with Crippen LogP contribution in [0.1, 0.15) is 6.42 Å². The summed E-state index contributed by atoms with van der Waals surface area (Å²) in [5, 5.41) is 2.42. The van der Waals surface area contributed by atoms with Gasteiger partial charge < -0.3 is 4.90 Å². The number of hydrogen-bond acceptors (Lipinski definition) is 3. The van der Waals surface area contributed by atoms with Crippen molar-refractivity contribution >= 4 is 37.5 Å². The Balaban J connectivity index is 1.10. The van der Waals surface area contributed by atoms with Gasteiger partial charge in [-0.25, -0.2) is 9.97 Å². The van der Waals surface area contributed by atoms with E-state index in [1.165, 1.54) is 48.0 Å². The second-order valence-electron chi connectivity index (χ2n) is 16.2. The predicted molar refractivity (Wildman–Crippen MR) is 256 cm³/mol. The molecule has 0 bridgehead atoms. The first kappa shape index (κ1) is 36.4. The quantitative estimate of drug-likeness (QED) is 0.136. The monoisotopic (exact) mass is 814 g/mol. The lowest BCUT2D eigenvalue weighted by molar-refractivity contribution is 0.903. The fourth-order valence-electron chi connectivity index (χ4n) is 9.54.